The average Bonchev–Trinajstić information content (AvgIpc) is 3.23. The van der Waals surface area contributed by atoms with Crippen LogP contribution in [0.3, 0.4) is 0 Å². The summed E-state index contributed by atoms with van der Waals surface area (Å²) in [5.74, 6) is 2.50. The number of hydrogen-bond donors (Lipinski definition) is 0. The van der Waals surface area contributed by atoms with E-state index in [0.29, 0.717) is 28.0 Å². The first kappa shape index (κ1) is 18.6. The van der Waals surface area contributed by atoms with Crippen molar-refractivity contribution in [2.75, 3.05) is 18.8 Å². The highest BCUT2D eigenvalue weighted by atomic mass is 35.5. The van der Waals surface area contributed by atoms with Crippen molar-refractivity contribution in [3.8, 4) is 23.0 Å². The Hall–Kier alpha value is -3.38. The molecule has 0 unspecified atom stereocenters. The smallest absolute Gasteiger partial charge is 0.271 e. The summed E-state index contributed by atoms with van der Waals surface area (Å²) >= 11 is 6.17. The van der Waals surface area contributed by atoms with Crippen molar-refractivity contribution >= 4 is 23.2 Å². The van der Waals surface area contributed by atoms with E-state index < -0.39 is 6.10 Å². The second kappa shape index (κ2) is 7.46. The molecule has 2 heterocycles. The molecule has 0 saturated carbocycles. The standard InChI is InChI=1S/C23H18ClNO5/c1-27-17-6-8-18(9-7-17)30-22-21(14-5-10-19-20(11-14)29-13-28-19)25(23(22)26)16-4-2-3-15(24)12-16/h2-12,21-22H,13H2,1H3/t21-,22+/m0/s1. The van der Waals surface area contributed by atoms with Crippen LogP contribution in [0.25, 0.3) is 0 Å². The van der Waals surface area contributed by atoms with Gasteiger partial charge < -0.3 is 18.9 Å². The SMILES string of the molecule is COc1ccc(O[C@H]2C(=O)N(c3cccc(Cl)c3)[C@H]2c2ccc3c(c2)OCO3)cc1. The number of rotatable bonds is 5. The number of fused-ring (bicyclic) bond motifs is 1. The Morgan fingerprint density at radius 1 is 0.967 bits per heavy atom. The normalized spacial score (nSPS) is 19.4. The van der Waals surface area contributed by atoms with Crippen LogP contribution in [0.4, 0.5) is 5.69 Å². The van der Waals surface area contributed by atoms with Gasteiger partial charge in [-0.1, -0.05) is 23.7 Å². The summed E-state index contributed by atoms with van der Waals surface area (Å²) in [5, 5.41) is 0.559. The Labute approximate surface area is 178 Å². The van der Waals surface area contributed by atoms with Crippen LogP contribution in [-0.4, -0.2) is 25.9 Å². The van der Waals surface area contributed by atoms with Gasteiger partial charge in [0.25, 0.3) is 5.91 Å². The molecule has 0 aliphatic carbocycles. The quantitative estimate of drug-likeness (QED) is 0.561. The highest BCUT2D eigenvalue weighted by Gasteiger charge is 2.51. The molecule has 6 nitrogen and oxygen atoms in total. The zero-order valence-electron chi connectivity index (χ0n) is 16.1. The van der Waals surface area contributed by atoms with Crippen LogP contribution >= 0.6 is 11.6 Å². The van der Waals surface area contributed by atoms with E-state index in [2.05, 4.69) is 0 Å². The van der Waals surface area contributed by atoms with Crippen LogP contribution in [0.15, 0.2) is 66.7 Å². The summed E-state index contributed by atoms with van der Waals surface area (Å²) < 4.78 is 22.2. The minimum Gasteiger partial charge on any atom is -0.497 e. The van der Waals surface area contributed by atoms with Gasteiger partial charge in [0.05, 0.1) is 7.11 Å². The van der Waals surface area contributed by atoms with Crippen LogP contribution in [0, 0.1) is 0 Å². The molecule has 2 atom stereocenters. The maximum absolute atomic E-state index is 13.1. The van der Waals surface area contributed by atoms with Crippen molar-refractivity contribution in [3.05, 3.63) is 77.3 Å². The molecule has 0 radical (unpaired) electrons. The van der Waals surface area contributed by atoms with E-state index >= 15 is 0 Å². The topological polar surface area (TPSA) is 57.2 Å². The Balaban J connectivity index is 1.50. The molecule has 3 aromatic carbocycles. The second-order valence-corrected chi connectivity index (χ2v) is 7.40. The number of nitrogens with zero attached hydrogens (tertiary/aromatic N) is 1. The van der Waals surface area contributed by atoms with E-state index in [4.69, 9.17) is 30.5 Å². The van der Waals surface area contributed by atoms with Gasteiger partial charge in [0.15, 0.2) is 11.5 Å². The molecule has 0 bridgehead atoms. The lowest BCUT2D eigenvalue weighted by atomic mass is 9.89. The lowest BCUT2D eigenvalue weighted by molar-refractivity contribution is -0.135. The third-order valence-electron chi connectivity index (χ3n) is 5.19. The number of halogens is 1. The Morgan fingerprint density at radius 3 is 2.50 bits per heavy atom. The Bertz CT molecular complexity index is 1100. The van der Waals surface area contributed by atoms with Crippen molar-refractivity contribution in [2.24, 2.45) is 0 Å². The minimum absolute atomic E-state index is 0.143. The van der Waals surface area contributed by atoms with Gasteiger partial charge in [-0.15, -0.1) is 0 Å². The van der Waals surface area contributed by atoms with Gasteiger partial charge >= 0.3 is 0 Å². The number of β-lactam (4-membered cyclic amide) rings is 1. The molecule has 1 amide bonds. The summed E-state index contributed by atoms with van der Waals surface area (Å²) in [6.07, 6.45) is -0.683. The summed E-state index contributed by atoms with van der Waals surface area (Å²) in [4.78, 5) is 14.8. The van der Waals surface area contributed by atoms with Crippen molar-refractivity contribution in [1.82, 2.24) is 0 Å². The molecule has 3 aromatic rings. The molecule has 0 aromatic heterocycles. The summed E-state index contributed by atoms with van der Waals surface area (Å²) in [5.41, 5.74) is 1.60. The highest BCUT2D eigenvalue weighted by Crippen LogP contribution is 2.44. The fraction of sp³-hybridized carbons (Fsp3) is 0.174. The first-order valence-corrected chi connectivity index (χ1v) is 9.81. The van der Waals surface area contributed by atoms with Crippen molar-refractivity contribution in [3.63, 3.8) is 0 Å². The number of anilines is 1. The molecule has 2 aliphatic heterocycles. The number of carbonyl (C=O) groups is 1. The number of ether oxygens (including phenoxy) is 4. The monoisotopic (exact) mass is 423 g/mol. The minimum atomic E-state index is -0.683. The molecule has 5 rings (SSSR count). The predicted octanol–water partition coefficient (Wildman–Crippen LogP) is 4.61. The highest BCUT2D eigenvalue weighted by molar-refractivity contribution is 6.31. The van der Waals surface area contributed by atoms with Crippen LogP contribution in [-0.2, 0) is 4.79 Å². The second-order valence-electron chi connectivity index (χ2n) is 6.96. The molecule has 30 heavy (non-hydrogen) atoms. The average molecular weight is 424 g/mol. The largest absolute Gasteiger partial charge is 0.497 e. The zero-order chi connectivity index (χ0) is 20.7. The fourth-order valence-corrected chi connectivity index (χ4v) is 3.90. The zero-order valence-corrected chi connectivity index (χ0v) is 16.8. The van der Waals surface area contributed by atoms with E-state index in [0.717, 1.165) is 11.3 Å². The van der Waals surface area contributed by atoms with Gasteiger partial charge in [-0.2, -0.15) is 0 Å². The molecule has 2 aliphatic rings. The van der Waals surface area contributed by atoms with E-state index in [1.807, 2.05) is 30.3 Å². The molecule has 0 spiro atoms. The van der Waals surface area contributed by atoms with E-state index in [1.54, 1.807) is 48.4 Å². The van der Waals surface area contributed by atoms with Crippen LogP contribution in [0.5, 0.6) is 23.0 Å². The first-order valence-electron chi connectivity index (χ1n) is 9.43. The van der Waals surface area contributed by atoms with Gasteiger partial charge in [0.2, 0.25) is 12.9 Å². The number of hydrogen-bond acceptors (Lipinski definition) is 5. The van der Waals surface area contributed by atoms with E-state index in [9.17, 15) is 4.79 Å². The van der Waals surface area contributed by atoms with Crippen molar-refractivity contribution in [2.45, 2.75) is 12.1 Å². The lowest BCUT2D eigenvalue weighted by Gasteiger charge is -2.46. The first-order chi connectivity index (χ1) is 14.6. The number of carbonyl (C=O) groups excluding carboxylic acids is 1. The van der Waals surface area contributed by atoms with Crippen molar-refractivity contribution < 1.29 is 23.7 Å². The third kappa shape index (κ3) is 3.19. The third-order valence-corrected chi connectivity index (χ3v) is 5.43. The summed E-state index contributed by atoms with van der Waals surface area (Å²) in [6.45, 7) is 0.187. The Morgan fingerprint density at radius 2 is 1.73 bits per heavy atom. The van der Waals surface area contributed by atoms with E-state index in [1.165, 1.54) is 0 Å². The molecule has 152 valence electrons. The number of methoxy groups -OCH3 is 1. The fourth-order valence-electron chi connectivity index (χ4n) is 3.71. The maximum Gasteiger partial charge on any atom is 0.271 e. The number of benzene rings is 3. The van der Waals surface area contributed by atoms with Gasteiger partial charge in [-0.3, -0.25) is 9.69 Å². The lowest BCUT2D eigenvalue weighted by Crippen LogP contribution is -2.61. The predicted molar refractivity (Wildman–Crippen MR) is 112 cm³/mol. The Kier molecular flexibility index (Phi) is 4.64. The molecular weight excluding hydrogens is 406 g/mol. The molecule has 0 N–H and O–H groups in total. The van der Waals surface area contributed by atoms with Gasteiger partial charge in [-0.05, 0) is 60.2 Å². The summed E-state index contributed by atoms with van der Waals surface area (Å²) in [7, 11) is 1.60. The number of amides is 1. The molecule has 1 fully saturated rings. The van der Waals surface area contributed by atoms with Crippen molar-refractivity contribution in [1.29, 1.82) is 0 Å². The molecule has 7 heteroatoms. The van der Waals surface area contributed by atoms with Crippen LogP contribution < -0.4 is 23.8 Å². The van der Waals surface area contributed by atoms with Gasteiger partial charge in [0.1, 0.15) is 17.5 Å². The summed E-state index contributed by atoms with van der Waals surface area (Å²) in [6, 6.07) is 19.7. The molecule has 1 saturated heterocycles. The van der Waals surface area contributed by atoms with Crippen LogP contribution in [0.1, 0.15) is 11.6 Å². The van der Waals surface area contributed by atoms with Crippen LogP contribution in [0.2, 0.25) is 5.02 Å². The maximum atomic E-state index is 13.1. The van der Waals surface area contributed by atoms with E-state index in [-0.39, 0.29) is 18.7 Å². The van der Waals surface area contributed by atoms with Gasteiger partial charge in [-0.25, -0.2) is 0 Å². The van der Waals surface area contributed by atoms with Gasteiger partial charge in [0, 0.05) is 10.7 Å². The molecular formula is C23H18ClNO5.